The predicted molar refractivity (Wildman–Crippen MR) is 148 cm³/mol. The Morgan fingerprint density at radius 2 is 2.00 bits per heavy atom. The van der Waals surface area contributed by atoms with Gasteiger partial charge in [-0.2, -0.15) is 0 Å². The number of carbonyl (C=O) groups is 1. The van der Waals surface area contributed by atoms with Crippen molar-refractivity contribution in [2.75, 3.05) is 25.1 Å². The van der Waals surface area contributed by atoms with Crippen molar-refractivity contribution in [1.82, 2.24) is 19.8 Å². The van der Waals surface area contributed by atoms with Crippen LogP contribution < -0.4 is 5.32 Å². The number of allylic oxidation sites excluding steroid dienone is 1. The van der Waals surface area contributed by atoms with Gasteiger partial charge in [-0.05, 0) is 65.1 Å². The van der Waals surface area contributed by atoms with Gasteiger partial charge >= 0.3 is 0 Å². The van der Waals surface area contributed by atoms with Gasteiger partial charge in [0.15, 0.2) is 0 Å². The molecule has 4 heterocycles. The van der Waals surface area contributed by atoms with Crippen molar-refractivity contribution in [1.29, 1.82) is 0 Å². The Balaban J connectivity index is 0.000000194. The Hall–Kier alpha value is -3.00. The first-order valence-electron chi connectivity index (χ1n) is 13.9. The van der Waals surface area contributed by atoms with Crippen molar-refractivity contribution in [2.45, 2.75) is 90.9 Å². The minimum Gasteiger partial charge on any atom is -0.381 e. The van der Waals surface area contributed by atoms with E-state index in [1.165, 1.54) is 24.5 Å². The summed E-state index contributed by atoms with van der Waals surface area (Å²) in [5, 5.41) is 3.40. The summed E-state index contributed by atoms with van der Waals surface area (Å²) in [4.78, 5) is 25.7. The summed E-state index contributed by atoms with van der Waals surface area (Å²) in [5.74, 6) is 0.750. The lowest BCUT2D eigenvalue weighted by Crippen LogP contribution is -2.40. The van der Waals surface area contributed by atoms with Gasteiger partial charge < -0.3 is 19.9 Å². The van der Waals surface area contributed by atoms with E-state index < -0.39 is 0 Å². The van der Waals surface area contributed by atoms with E-state index >= 15 is 0 Å². The molecule has 3 aliphatic heterocycles. The fourth-order valence-corrected chi connectivity index (χ4v) is 5.36. The minimum atomic E-state index is -0.335. The number of nitrogens with one attached hydrogen (secondary N) is 1. The lowest BCUT2D eigenvalue weighted by Gasteiger charge is -2.32. The monoisotopic (exact) mass is 523 g/mol. The van der Waals surface area contributed by atoms with Crippen LogP contribution in [0, 0.1) is 5.82 Å². The zero-order valence-electron chi connectivity index (χ0n) is 23.3. The second kappa shape index (κ2) is 12.7. The van der Waals surface area contributed by atoms with Crippen LogP contribution in [-0.4, -0.2) is 51.5 Å². The van der Waals surface area contributed by atoms with Crippen molar-refractivity contribution in [3.05, 3.63) is 64.9 Å². The fraction of sp³-hybridized carbons (Fsp3) is 0.567. The Morgan fingerprint density at radius 1 is 1.24 bits per heavy atom. The molecule has 0 radical (unpaired) electrons. The number of aromatic nitrogens is 2. The average molecular weight is 524 g/mol. The summed E-state index contributed by atoms with van der Waals surface area (Å²) < 4.78 is 18.8. The van der Waals surface area contributed by atoms with Crippen LogP contribution in [0.3, 0.4) is 0 Å². The molecule has 1 N–H and O–H groups in total. The third-order valence-corrected chi connectivity index (χ3v) is 7.58. The molecule has 5 rings (SSSR count). The molecule has 8 heteroatoms. The number of halogens is 1. The quantitative estimate of drug-likeness (QED) is 0.518. The van der Waals surface area contributed by atoms with Crippen molar-refractivity contribution in [2.24, 2.45) is 0 Å². The maximum Gasteiger partial charge on any atom is 0.223 e. The number of nitrogens with zero attached hydrogens (tertiary/aromatic N) is 4. The number of carbonyl (C=O) groups excluding carboxylic acids is 1. The van der Waals surface area contributed by atoms with Crippen LogP contribution in [0.4, 0.5) is 10.3 Å². The Labute approximate surface area is 226 Å². The SMILES string of the molecule is CC1=CN(Cc2ccccc2F)CCC1.CCCC(=O)N1Cc2nc(NC3CCOCC3)ncc2C1(C)C. The molecule has 1 fully saturated rings. The highest BCUT2D eigenvalue weighted by atomic mass is 19.1. The first-order chi connectivity index (χ1) is 18.3. The van der Waals surface area contributed by atoms with Crippen LogP contribution in [0.5, 0.6) is 0 Å². The second-order valence-electron chi connectivity index (χ2n) is 11.0. The molecule has 2 aromatic rings. The molecule has 206 valence electrons. The molecule has 0 atom stereocenters. The standard InChI is InChI=1S/C17H26N4O2.C13H16FN/c1-4-5-15(22)21-11-14-13(17(21,2)3)10-18-16(20-14)19-12-6-8-23-9-7-12;1-11-5-4-8-15(9-11)10-12-6-2-3-7-13(12)14/h10,12H,4-9,11H2,1-3H3,(H,18,19,20);2-3,6-7,9H,4-5,8,10H2,1H3. The molecule has 38 heavy (non-hydrogen) atoms. The fourth-order valence-electron chi connectivity index (χ4n) is 5.36. The lowest BCUT2D eigenvalue weighted by atomic mass is 9.97. The maximum absolute atomic E-state index is 13.4. The van der Waals surface area contributed by atoms with E-state index in [-0.39, 0.29) is 17.3 Å². The molecule has 3 aliphatic rings. The summed E-state index contributed by atoms with van der Waals surface area (Å²) in [6, 6.07) is 7.37. The van der Waals surface area contributed by atoms with E-state index in [0.717, 1.165) is 55.8 Å². The number of hydrogen-bond acceptors (Lipinski definition) is 6. The number of amides is 1. The normalized spacial score (nSPS) is 18.8. The first kappa shape index (κ1) is 28.0. The predicted octanol–water partition coefficient (Wildman–Crippen LogP) is 5.77. The Bertz CT molecular complexity index is 1130. The number of rotatable bonds is 6. The van der Waals surface area contributed by atoms with Crippen molar-refractivity contribution in [3.63, 3.8) is 0 Å². The van der Waals surface area contributed by atoms with Crippen LogP contribution >= 0.6 is 0 Å². The van der Waals surface area contributed by atoms with E-state index in [9.17, 15) is 9.18 Å². The highest BCUT2D eigenvalue weighted by molar-refractivity contribution is 5.78. The Morgan fingerprint density at radius 3 is 2.71 bits per heavy atom. The zero-order valence-corrected chi connectivity index (χ0v) is 23.3. The molecule has 1 aromatic heterocycles. The van der Waals surface area contributed by atoms with Gasteiger partial charge in [-0.3, -0.25) is 4.79 Å². The van der Waals surface area contributed by atoms with Gasteiger partial charge in [-0.25, -0.2) is 14.4 Å². The number of benzene rings is 1. The molecule has 1 saturated heterocycles. The smallest absolute Gasteiger partial charge is 0.223 e. The average Bonchev–Trinajstić information content (AvgIpc) is 3.16. The lowest BCUT2D eigenvalue weighted by molar-refractivity contribution is -0.136. The van der Waals surface area contributed by atoms with Gasteiger partial charge in [0.1, 0.15) is 5.82 Å². The molecule has 0 bridgehead atoms. The minimum absolute atomic E-state index is 0.103. The summed E-state index contributed by atoms with van der Waals surface area (Å²) >= 11 is 0. The topological polar surface area (TPSA) is 70.6 Å². The molecular formula is C30H42FN5O2. The van der Waals surface area contributed by atoms with Crippen molar-refractivity contribution >= 4 is 11.9 Å². The van der Waals surface area contributed by atoms with Gasteiger partial charge in [0.25, 0.3) is 0 Å². The van der Waals surface area contributed by atoms with E-state index in [0.29, 0.717) is 31.5 Å². The van der Waals surface area contributed by atoms with E-state index in [1.54, 1.807) is 6.07 Å². The molecule has 7 nitrogen and oxygen atoms in total. The van der Waals surface area contributed by atoms with Crippen molar-refractivity contribution < 1.29 is 13.9 Å². The third-order valence-electron chi connectivity index (χ3n) is 7.58. The molecule has 1 aromatic carbocycles. The number of hydrogen-bond donors (Lipinski definition) is 1. The summed E-state index contributed by atoms with van der Waals surface area (Å²) in [6.45, 7) is 12.2. The van der Waals surface area contributed by atoms with Gasteiger partial charge in [-0.15, -0.1) is 0 Å². The highest BCUT2D eigenvalue weighted by Crippen LogP contribution is 2.38. The molecule has 0 aliphatic carbocycles. The van der Waals surface area contributed by atoms with Crippen LogP contribution in [0.15, 0.2) is 42.2 Å². The van der Waals surface area contributed by atoms with Gasteiger partial charge in [-0.1, -0.05) is 30.7 Å². The van der Waals surface area contributed by atoms with Gasteiger partial charge in [0.05, 0.1) is 17.8 Å². The van der Waals surface area contributed by atoms with Crippen molar-refractivity contribution in [3.8, 4) is 0 Å². The third kappa shape index (κ3) is 6.90. The van der Waals surface area contributed by atoms with E-state index in [1.807, 2.05) is 30.2 Å². The summed E-state index contributed by atoms with van der Waals surface area (Å²) in [6.07, 6.45) is 9.78. The molecule has 0 saturated carbocycles. The highest BCUT2D eigenvalue weighted by Gasteiger charge is 2.41. The molecule has 1 amide bonds. The first-order valence-corrected chi connectivity index (χ1v) is 13.9. The largest absolute Gasteiger partial charge is 0.381 e. The van der Waals surface area contributed by atoms with Crippen LogP contribution in [0.25, 0.3) is 0 Å². The molecule has 0 spiro atoms. The van der Waals surface area contributed by atoms with E-state index in [2.05, 4.69) is 47.2 Å². The van der Waals surface area contributed by atoms with Crippen LogP contribution in [0.1, 0.15) is 83.0 Å². The van der Waals surface area contributed by atoms with Gasteiger partial charge in [0.2, 0.25) is 11.9 Å². The molecule has 0 unspecified atom stereocenters. The number of ether oxygens (including phenoxy) is 1. The summed E-state index contributed by atoms with van der Waals surface area (Å²) in [5.41, 5.74) is 3.85. The second-order valence-corrected chi connectivity index (χ2v) is 11.0. The van der Waals surface area contributed by atoms with Gasteiger partial charge in [0, 0.05) is 56.1 Å². The Kier molecular flexibility index (Phi) is 9.36. The molecular weight excluding hydrogens is 481 g/mol. The number of fused-ring (bicyclic) bond motifs is 1. The van der Waals surface area contributed by atoms with E-state index in [4.69, 9.17) is 4.74 Å². The van der Waals surface area contributed by atoms with Crippen LogP contribution in [-0.2, 0) is 28.2 Å². The summed E-state index contributed by atoms with van der Waals surface area (Å²) in [7, 11) is 0. The zero-order chi connectivity index (χ0) is 27.1. The van der Waals surface area contributed by atoms with Crippen LogP contribution in [0.2, 0.25) is 0 Å². The number of anilines is 1. The maximum atomic E-state index is 13.4.